The molecule has 35 heavy (non-hydrogen) atoms. The Morgan fingerprint density at radius 1 is 1.14 bits per heavy atom. The van der Waals surface area contributed by atoms with Crippen molar-refractivity contribution in [1.82, 2.24) is 9.55 Å². The summed E-state index contributed by atoms with van der Waals surface area (Å²) in [6.45, 7) is -1.28. The molecule has 1 aromatic heterocycles. The Morgan fingerprint density at radius 3 is 2.17 bits per heavy atom. The van der Waals surface area contributed by atoms with Gasteiger partial charge in [-0.15, -0.1) is 0 Å². The van der Waals surface area contributed by atoms with Gasteiger partial charge in [0.25, 0.3) is 34.9 Å². The van der Waals surface area contributed by atoms with Crippen molar-refractivity contribution in [3.63, 3.8) is 0 Å². The maximum absolute atomic E-state index is 13.6. The second-order valence-electron chi connectivity index (χ2n) is 5.86. The molecule has 0 saturated carbocycles. The molecule has 7 atom stereocenters. The molecule has 0 aromatic carbocycles. The topological polar surface area (TPSA) is 296 Å². The molecule has 25 heteroatoms. The number of carbonyl (C=O) groups is 1. The number of amides is 1. The van der Waals surface area contributed by atoms with Crippen molar-refractivity contribution in [1.29, 1.82) is 0 Å². The van der Waals surface area contributed by atoms with Gasteiger partial charge in [-0.3, -0.25) is 27.9 Å². The fraction of sp³-hybridized carbons (Fsp3) is 0.500. The molecule has 0 bridgehead atoms. The number of nitrogens with two attached hydrogens (primary N) is 1. The average molecular weight is 595 g/mol. The molecule has 2 heterocycles. The molecule has 1 saturated heterocycles. The second-order valence-corrected chi connectivity index (χ2v) is 10.1. The van der Waals surface area contributed by atoms with Gasteiger partial charge in [0, 0.05) is 0 Å². The van der Waals surface area contributed by atoms with E-state index in [0.717, 1.165) is 0 Å². The summed E-state index contributed by atoms with van der Waals surface area (Å²) >= 11 is 0. The van der Waals surface area contributed by atoms with Crippen LogP contribution in [0.3, 0.4) is 0 Å². The molecule has 182 valence electrons. The Hall–Kier alpha value is 1.57. The summed E-state index contributed by atoms with van der Waals surface area (Å²) in [7, 11) is -18.1. The number of halogens is 1. The second kappa shape index (κ2) is 14.8. The van der Waals surface area contributed by atoms with Gasteiger partial charge in [0.1, 0.15) is 18.3 Å². The predicted molar refractivity (Wildman–Crippen MR) is 86.1 cm³/mol. The SMILES string of the molecule is NC(=O)c1nc(F)cn([C@@H]2O[C@H](COP(=O)([O-])OP(=O)([O-])OP(=O)([O-])O)[C@@H](O)[C@H]2O)c1=O.[Na+].[Na+].[Na+]. The van der Waals surface area contributed by atoms with Crippen LogP contribution in [0.1, 0.15) is 16.7 Å². The Kier molecular flexibility index (Phi) is 16.4. The van der Waals surface area contributed by atoms with Gasteiger partial charge in [-0.2, -0.15) is 4.39 Å². The third-order valence-corrected chi connectivity index (χ3v) is 7.24. The molecule has 1 aliphatic rings. The van der Waals surface area contributed by atoms with Gasteiger partial charge in [-0.25, -0.2) is 13.6 Å². The molecule has 3 unspecified atom stereocenters. The van der Waals surface area contributed by atoms with E-state index in [2.05, 4.69) is 18.1 Å². The smallest absolute Gasteiger partial charge is 0.756 e. The van der Waals surface area contributed by atoms with Gasteiger partial charge in [0.2, 0.25) is 5.95 Å². The maximum Gasteiger partial charge on any atom is 1.00 e. The molecule has 0 spiro atoms. The number of primary amides is 1. The van der Waals surface area contributed by atoms with Crippen LogP contribution in [0.25, 0.3) is 0 Å². The van der Waals surface area contributed by atoms with Crippen LogP contribution in [0.4, 0.5) is 4.39 Å². The average Bonchev–Trinajstić information content (AvgIpc) is 2.86. The monoisotopic (exact) mass is 595 g/mol. The summed E-state index contributed by atoms with van der Waals surface area (Å²) in [6.07, 6.45) is -7.42. The molecule has 0 radical (unpaired) electrons. The molecule has 1 aromatic rings. The molecule has 1 aliphatic heterocycles. The van der Waals surface area contributed by atoms with Gasteiger partial charge >= 0.3 is 88.7 Å². The fourth-order valence-electron chi connectivity index (χ4n) is 2.38. The minimum atomic E-state index is -6.18. The third-order valence-electron chi connectivity index (χ3n) is 3.55. The van der Waals surface area contributed by atoms with Crippen molar-refractivity contribution in [2.24, 2.45) is 5.73 Å². The first-order valence-corrected chi connectivity index (χ1v) is 12.2. The quantitative estimate of drug-likeness (QED) is 0.152. The van der Waals surface area contributed by atoms with E-state index in [1.807, 2.05) is 0 Å². The zero-order valence-corrected chi connectivity index (χ0v) is 26.7. The van der Waals surface area contributed by atoms with Crippen LogP contribution >= 0.6 is 23.5 Å². The van der Waals surface area contributed by atoms with Crippen LogP contribution < -0.4 is 115 Å². The van der Waals surface area contributed by atoms with Crippen LogP contribution in [-0.4, -0.2) is 55.5 Å². The van der Waals surface area contributed by atoms with Crippen molar-refractivity contribution in [3.05, 3.63) is 28.2 Å². The van der Waals surface area contributed by atoms with Crippen molar-refractivity contribution in [3.8, 4) is 0 Å². The number of carbonyl (C=O) groups excluding carboxylic acids is 1. The van der Waals surface area contributed by atoms with Gasteiger partial charge < -0.3 is 44.8 Å². The zero-order valence-electron chi connectivity index (χ0n) is 18.0. The van der Waals surface area contributed by atoms with Crippen molar-refractivity contribution < 1.29 is 159 Å². The van der Waals surface area contributed by atoms with Gasteiger partial charge in [-0.05, 0) is 0 Å². The number of aromatic nitrogens is 2. The number of ether oxygens (including phenoxy) is 1. The minimum Gasteiger partial charge on any atom is -0.756 e. The Balaban J connectivity index is 0. The number of hydrogen-bond acceptors (Lipinski definition) is 15. The maximum atomic E-state index is 13.6. The van der Waals surface area contributed by atoms with Crippen LogP contribution in [0, 0.1) is 5.95 Å². The Bertz CT molecular complexity index is 1100. The number of rotatable bonds is 9. The van der Waals surface area contributed by atoms with Crippen molar-refractivity contribution >= 4 is 29.4 Å². The largest absolute Gasteiger partial charge is 1.00 e. The van der Waals surface area contributed by atoms with E-state index in [1.165, 1.54) is 0 Å². The van der Waals surface area contributed by atoms with Crippen LogP contribution in [0.15, 0.2) is 11.0 Å². The normalized spacial score (nSPS) is 26.6. The van der Waals surface area contributed by atoms with Crippen LogP contribution in [0.5, 0.6) is 0 Å². The van der Waals surface area contributed by atoms with E-state index in [1.54, 1.807) is 0 Å². The minimum absolute atomic E-state index is 0. The summed E-state index contributed by atoms with van der Waals surface area (Å²) in [5.41, 5.74) is 2.45. The fourth-order valence-corrected chi connectivity index (χ4v) is 5.27. The van der Waals surface area contributed by atoms with Crippen LogP contribution in [0.2, 0.25) is 0 Å². The Labute approximate surface area is 260 Å². The van der Waals surface area contributed by atoms with Crippen molar-refractivity contribution in [2.75, 3.05) is 6.61 Å². The first-order valence-electron chi connectivity index (χ1n) is 7.75. The van der Waals surface area contributed by atoms with Gasteiger partial charge in [0.15, 0.2) is 11.9 Å². The number of aliphatic hydroxyl groups excluding tert-OH is 2. The molecular weight excluding hydrogens is 583 g/mol. The summed E-state index contributed by atoms with van der Waals surface area (Å²) in [6, 6.07) is 0. The molecular formula is C10H12FN3Na3O15P3. The molecule has 18 nitrogen and oxygen atoms in total. The molecule has 0 aliphatic carbocycles. The van der Waals surface area contributed by atoms with E-state index in [-0.39, 0.29) is 93.2 Å². The Morgan fingerprint density at radius 2 is 1.69 bits per heavy atom. The van der Waals surface area contributed by atoms with E-state index < -0.39 is 77.7 Å². The first-order chi connectivity index (χ1) is 14.4. The summed E-state index contributed by atoms with van der Waals surface area (Å²) in [5, 5.41) is 20.0. The molecule has 1 fully saturated rings. The number of phosphoric ester groups is 1. The van der Waals surface area contributed by atoms with Gasteiger partial charge in [0.05, 0.1) is 12.8 Å². The first kappa shape index (κ1) is 38.7. The van der Waals surface area contributed by atoms with E-state index >= 15 is 0 Å². The number of hydrogen-bond donors (Lipinski definition) is 4. The predicted octanol–water partition coefficient (Wildman–Crippen LogP) is -13.4. The molecule has 5 N–H and O–H groups in total. The standard InChI is InChI=1S/C10H15FN3O15P3.3Na/c11-4-1-14(9(18)5(13-4)8(12)17)10-7(16)6(15)3(27-10)2-26-31(22,23)29-32(24,25)28-30(19,20)21;;;/h1,3,6-7,10,15-16H,2H2,(H2,12,17)(H,22,23)(H,24,25)(H2,19,20,21);;;/q;3*+1/p-3/t3-,6-,7-,10-;;;/m1.../s1. The van der Waals surface area contributed by atoms with E-state index in [0.29, 0.717) is 6.20 Å². The molecule has 2 rings (SSSR count). The van der Waals surface area contributed by atoms with Gasteiger partial charge in [-0.1, -0.05) is 0 Å². The van der Waals surface area contributed by atoms with Crippen LogP contribution in [-0.2, 0) is 31.6 Å². The summed E-state index contributed by atoms with van der Waals surface area (Å²) in [5.74, 6) is -2.85. The number of aliphatic hydroxyl groups is 2. The van der Waals surface area contributed by atoms with E-state index in [9.17, 15) is 52.6 Å². The summed E-state index contributed by atoms with van der Waals surface area (Å²) < 4.78 is 62.4. The molecule has 1 amide bonds. The van der Waals surface area contributed by atoms with E-state index in [4.69, 9.17) is 15.4 Å². The zero-order chi connectivity index (χ0) is 24.6. The van der Waals surface area contributed by atoms with Crippen molar-refractivity contribution in [2.45, 2.75) is 24.5 Å². The summed E-state index contributed by atoms with van der Waals surface area (Å²) in [4.78, 5) is 67.6. The number of nitrogens with zero attached hydrogens (tertiary/aromatic N) is 2. The number of phosphoric acid groups is 3. The third kappa shape index (κ3) is 11.3.